The molecule has 0 spiro atoms. The van der Waals surface area contributed by atoms with E-state index in [1.54, 1.807) is 10.5 Å². The zero-order valence-corrected chi connectivity index (χ0v) is 15.8. The Hall–Kier alpha value is -2.70. The second kappa shape index (κ2) is 5.93. The minimum Gasteiger partial charge on any atom is -0.457 e. The molecule has 0 N–H and O–H groups in total. The van der Waals surface area contributed by atoms with Crippen LogP contribution in [0.3, 0.4) is 0 Å². The fourth-order valence-corrected chi connectivity index (χ4v) is 4.17. The lowest BCUT2D eigenvalue weighted by Gasteiger charge is -1.96. The molecule has 0 unspecified atom stereocenters. The molecule has 3 aromatic heterocycles. The molecule has 5 aromatic rings. The summed E-state index contributed by atoms with van der Waals surface area (Å²) in [6.45, 7) is 0. The van der Waals surface area contributed by atoms with Crippen molar-refractivity contribution in [2.24, 2.45) is 0 Å². The molecular weight excluding hydrogens is 412 g/mol. The summed E-state index contributed by atoms with van der Waals surface area (Å²) in [6.07, 6.45) is 1.78. The predicted molar refractivity (Wildman–Crippen MR) is 107 cm³/mol. The third kappa shape index (κ3) is 2.50. The lowest BCUT2D eigenvalue weighted by Crippen LogP contribution is -2.22. The summed E-state index contributed by atoms with van der Waals surface area (Å²) in [5.41, 5.74) is 2.58. The molecule has 0 amide bonds. The molecule has 6 heteroatoms. The lowest BCUT2D eigenvalue weighted by atomic mass is 10.2. The van der Waals surface area contributed by atoms with E-state index in [0.717, 1.165) is 26.8 Å². The van der Waals surface area contributed by atoms with Crippen LogP contribution in [0.2, 0.25) is 0 Å². The molecule has 0 atom stereocenters. The number of para-hydroxylation sites is 2. The monoisotopic (exact) mass is 422 g/mol. The van der Waals surface area contributed by atoms with Gasteiger partial charge in [0.15, 0.2) is 4.96 Å². The molecule has 0 saturated heterocycles. The Bertz CT molecular complexity index is 1360. The number of rotatable bonds is 2. The number of benzene rings is 2. The van der Waals surface area contributed by atoms with E-state index in [2.05, 4.69) is 20.9 Å². The summed E-state index contributed by atoms with van der Waals surface area (Å²) in [6, 6.07) is 19.3. The van der Waals surface area contributed by atoms with Crippen LogP contribution in [0.5, 0.6) is 0 Å². The van der Waals surface area contributed by atoms with Crippen molar-refractivity contribution in [2.75, 3.05) is 0 Å². The van der Waals surface area contributed by atoms with Crippen molar-refractivity contribution in [3.8, 4) is 11.3 Å². The third-order valence-electron chi connectivity index (χ3n) is 4.17. The number of nitrogens with zero attached hydrogens (tertiary/aromatic N) is 2. The van der Waals surface area contributed by atoms with Crippen molar-refractivity contribution in [2.45, 2.75) is 0 Å². The first kappa shape index (κ1) is 15.5. The third-order valence-corrected chi connectivity index (χ3v) is 5.67. The largest absolute Gasteiger partial charge is 0.457 e. The molecule has 0 aliphatic carbocycles. The first-order valence-corrected chi connectivity index (χ1v) is 9.57. The SMILES string of the molecule is O=c1/c(=C/c2ccc(-c3ccc(Br)cc3)o2)sc2nc3ccccc3n12. The summed E-state index contributed by atoms with van der Waals surface area (Å²) in [4.78, 5) is 18.0. The maximum Gasteiger partial charge on any atom is 0.275 e. The highest BCUT2D eigenvalue weighted by Crippen LogP contribution is 2.24. The average molecular weight is 423 g/mol. The molecule has 5 rings (SSSR count). The molecule has 0 fully saturated rings. The molecule has 26 heavy (non-hydrogen) atoms. The topological polar surface area (TPSA) is 47.5 Å². The number of fused-ring (bicyclic) bond motifs is 3. The highest BCUT2D eigenvalue weighted by Gasteiger charge is 2.11. The van der Waals surface area contributed by atoms with Crippen molar-refractivity contribution in [3.05, 3.63) is 85.8 Å². The zero-order valence-electron chi connectivity index (χ0n) is 13.3. The van der Waals surface area contributed by atoms with E-state index >= 15 is 0 Å². The van der Waals surface area contributed by atoms with Crippen molar-refractivity contribution < 1.29 is 4.42 Å². The molecule has 126 valence electrons. The van der Waals surface area contributed by atoms with Crippen LogP contribution >= 0.6 is 27.3 Å². The Labute approximate surface area is 160 Å². The van der Waals surface area contributed by atoms with E-state index in [0.29, 0.717) is 15.3 Å². The first-order valence-electron chi connectivity index (χ1n) is 7.96. The molecule has 0 saturated carbocycles. The minimum atomic E-state index is -0.0692. The van der Waals surface area contributed by atoms with E-state index < -0.39 is 0 Å². The van der Waals surface area contributed by atoms with Crippen molar-refractivity contribution in [1.82, 2.24) is 9.38 Å². The van der Waals surface area contributed by atoms with E-state index in [4.69, 9.17) is 4.42 Å². The minimum absolute atomic E-state index is 0.0692. The van der Waals surface area contributed by atoms with Gasteiger partial charge in [-0.3, -0.25) is 4.79 Å². The standard InChI is InChI=1S/C20H11BrN2O2S/c21-13-7-5-12(6-8-13)17-10-9-14(25-17)11-18-19(24)23-16-4-2-1-3-15(16)22-20(23)26-18/h1-11H/b18-11-. The molecule has 0 aliphatic heterocycles. The zero-order chi connectivity index (χ0) is 17.7. The summed E-state index contributed by atoms with van der Waals surface area (Å²) >= 11 is 4.80. The smallest absolute Gasteiger partial charge is 0.275 e. The number of imidazole rings is 1. The van der Waals surface area contributed by atoms with Gasteiger partial charge in [-0.2, -0.15) is 0 Å². The number of hydrogen-bond acceptors (Lipinski definition) is 4. The lowest BCUT2D eigenvalue weighted by molar-refractivity contribution is 0.571. The fourth-order valence-electron chi connectivity index (χ4n) is 2.94. The number of halogens is 1. The fraction of sp³-hybridized carbons (Fsp3) is 0. The second-order valence-electron chi connectivity index (χ2n) is 5.84. The van der Waals surface area contributed by atoms with Crippen LogP contribution in [-0.4, -0.2) is 9.38 Å². The van der Waals surface area contributed by atoms with Gasteiger partial charge >= 0.3 is 0 Å². The molecule has 0 bridgehead atoms. The van der Waals surface area contributed by atoms with Gasteiger partial charge in [-0.25, -0.2) is 9.38 Å². The first-order chi connectivity index (χ1) is 12.7. The molecule has 0 radical (unpaired) electrons. The van der Waals surface area contributed by atoms with E-state index in [1.165, 1.54) is 11.3 Å². The van der Waals surface area contributed by atoms with Gasteiger partial charge in [0.1, 0.15) is 16.1 Å². The van der Waals surface area contributed by atoms with Crippen LogP contribution in [0.1, 0.15) is 5.76 Å². The van der Waals surface area contributed by atoms with E-state index in [9.17, 15) is 4.79 Å². The Kier molecular flexibility index (Phi) is 3.55. The van der Waals surface area contributed by atoms with Crippen molar-refractivity contribution in [3.63, 3.8) is 0 Å². The quantitative estimate of drug-likeness (QED) is 0.421. The highest BCUT2D eigenvalue weighted by molar-refractivity contribution is 9.10. The molecule has 4 nitrogen and oxygen atoms in total. The second-order valence-corrected chi connectivity index (χ2v) is 7.77. The predicted octanol–water partition coefficient (Wildman–Crippen LogP) is 4.48. The van der Waals surface area contributed by atoms with Gasteiger partial charge in [-0.15, -0.1) is 0 Å². The van der Waals surface area contributed by atoms with Gasteiger partial charge in [0.25, 0.3) is 5.56 Å². The summed E-state index contributed by atoms with van der Waals surface area (Å²) < 4.78 is 9.18. The van der Waals surface area contributed by atoms with Crippen LogP contribution in [0.15, 0.2) is 74.3 Å². The van der Waals surface area contributed by atoms with Gasteiger partial charge in [-0.05, 0) is 36.4 Å². The maximum atomic E-state index is 12.8. The van der Waals surface area contributed by atoms with Crippen LogP contribution in [0.4, 0.5) is 0 Å². The number of aromatic nitrogens is 2. The Morgan fingerprint density at radius 1 is 1.04 bits per heavy atom. The van der Waals surface area contributed by atoms with Crippen LogP contribution in [0.25, 0.3) is 33.4 Å². The van der Waals surface area contributed by atoms with Gasteiger partial charge in [0.05, 0.1) is 11.0 Å². The summed E-state index contributed by atoms with van der Waals surface area (Å²) in [5.74, 6) is 1.41. The van der Waals surface area contributed by atoms with Gasteiger partial charge in [-0.1, -0.05) is 51.5 Å². The van der Waals surface area contributed by atoms with Crippen molar-refractivity contribution >= 4 is 49.3 Å². The molecular formula is C20H11BrN2O2S. The average Bonchev–Trinajstić information content (AvgIpc) is 3.32. The van der Waals surface area contributed by atoms with Crippen LogP contribution < -0.4 is 10.1 Å². The highest BCUT2D eigenvalue weighted by atomic mass is 79.9. The molecule has 3 heterocycles. The van der Waals surface area contributed by atoms with Crippen LogP contribution in [-0.2, 0) is 0 Å². The Balaban J connectivity index is 1.62. The van der Waals surface area contributed by atoms with Gasteiger partial charge in [0.2, 0.25) is 0 Å². The molecule has 0 aliphatic rings. The molecule has 2 aromatic carbocycles. The van der Waals surface area contributed by atoms with Gasteiger partial charge < -0.3 is 4.42 Å². The van der Waals surface area contributed by atoms with Gasteiger partial charge in [0, 0.05) is 16.1 Å². The maximum absolute atomic E-state index is 12.8. The number of thiazole rings is 1. The number of hydrogen-bond donors (Lipinski definition) is 0. The van der Waals surface area contributed by atoms with E-state index in [-0.39, 0.29) is 5.56 Å². The summed E-state index contributed by atoms with van der Waals surface area (Å²) in [5, 5.41) is 0. The Morgan fingerprint density at radius 3 is 2.69 bits per heavy atom. The van der Waals surface area contributed by atoms with E-state index in [1.807, 2.05) is 60.7 Å². The Morgan fingerprint density at radius 2 is 1.85 bits per heavy atom. The summed E-state index contributed by atoms with van der Waals surface area (Å²) in [7, 11) is 0. The van der Waals surface area contributed by atoms with Crippen LogP contribution in [0, 0.1) is 0 Å². The van der Waals surface area contributed by atoms with Crippen molar-refractivity contribution in [1.29, 1.82) is 0 Å². The number of furan rings is 1. The normalized spacial score (nSPS) is 12.4.